The van der Waals surface area contributed by atoms with Crippen molar-refractivity contribution in [2.45, 2.75) is 30.8 Å². The lowest BCUT2D eigenvalue weighted by Gasteiger charge is -2.17. The highest BCUT2D eigenvalue weighted by molar-refractivity contribution is 7.98. The molecule has 0 saturated carbocycles. The summed E-state index contributed by atoms with van der Waals surface area (Å²) in [4.78, 5) is 0.145. The average molecular weight is 337 g/mol. The predicted octanol–water partition coefficient (Wildman–Crippen LogP) is 2.48. The fraction of sp³-hybridized carbons (Fsp3) is 0.538. The summed E-state index contributed by atoms with van der Waals surface area (Å²) in [7, 11) is -1.78. The van der Waals surface area contributed by atoms with Crippen LogP contribution >= 0.6 is 23.4 Å². The van der Waals surface area contributed by atoms with E-state index in [0.717, 1.165) is 17.7 Å². The van der Waals surface area contributed by atoms with E-state index in [0.29, 0.717) is 6.54 Å². The first-order valence-electron chi connectivity index (χ1n) is 6.38. The van der Waals surface area contributed by atoms with Crippen molar-refractivity contribution in [3.8, 4) is 0 Å². The van der Waals surface area contributed by atoms with Gasteiger partial charge in [0.25, 0.3) is 0 Å². The van der Waals surface area contributed by atoms with Crippen LogP contribution in [0, 0.1) is 0 Å². The van der Waals surface area contributed by atoms with Crippen molar-refractivity contribution in [3.05, 3.63) is 28.8 Å². The number of hydrogen-bond donors (Lipinski definition) is 2. The van der Waals surface area contributed by atoms with Gasteiger partial charge < -0.3 is 5.32 Å². The van der Waals surface area contributed by atoms with E-state index < -0.39 is 10.0 Å². The third kappa shape index (κ3) is 4.93. The molecule has 0 aliphatic rings. The van der Waals surface area contributed by atoms with Crippen LogP contribution in [0.5, 0.6) is 0 Å². The van der Waals surface area contributed by atoms with Gasteiger partial charge in [0.15, 0.2) is 0 Å². The molecule has 0 aromatic heterocycles. The molecule has 0 fully saturated rings. The van der Waals surface area contributed by atoms with E-state index in [9.17, 15) is 8.42 Å². The molecule has 0 bridgehead atoms. The normalized spacial score (nSPS) is 13.4. The van der Waals surface area contributed by atoms with Crippen LogP contribution in [0.3, 0.4) is 0 Å². The maximum absolute atomic E-state index is 12.4. The van der Waals surface area contributed by atoms with Gasteiger partial charge in [0.1, 0.15) is 4.90 Å². The fourth-order valence-electron chi connectivity index (χ4n) is 1.79. The Kier molecular flexibility index (Phi) is 7.33. The van der Waals surface area contributed by atoms with Crippen LogP contribution < -0.4 is 10.0 Å². The molecule has 1 unspecified atom stereocenters. The van der Waals surface area contributed by atoms with Crippen molar-refractivity contribution in [3.63, 3.8) is 0 Å². The zero-order valence-corrected chi connectivity index (χ0v) is 14.3. The van der Waals surface area contributed by atoms with E-state index >= 15 is 0 Å². The van der Waals surface area contributed by atoms with Gasteiger partial charge >= 0.3 is 0 Å². The molecule has 7 heteroatoms. The second-order valence-electron chi connectivity index (χ2n) is 4.48. The van der Waals surface area contributed by atoms with E-state index in [2.05, 4.69) is 10.0 Å². The summed E-state index contributed by atoms with van der Waals surface area (Å²) in [5.41, 5.74) is 0.884. The minimum atomic E-state index is -3.59. The molecule has 114 valence electrons. The molecule has 0 saturated heterocycles. The van der Waals surface area contributed by atoms with E-state index in [1.165, 1.54) is 0 Å². The monoisotopic (exact) mass is 336 g/mol. The lowest BCUT2D eigenvalue weighted by molar-refractivity contribution is 0.558. The zero-order valence-electron chi connectivity index (χ0n) is 11.9. The second kappa shape index (κ2) is 8.24. The van der Waals surface area contributed by atoms with E-state index in [4.69, 9.17) is 11.6 Å². The van der Waals surface area contributed by atoms with E-state index in [-0.39, 0.29) is 16.0 Å². The molecule has 0 heterocycles. The number of halogens is 1. The SMILES string of the molecule is CCC(CSC)NS(=O)(=O)c1cc(CNC)ccc1Cl. The Morgan fingerprint density at radius 3 is 2.65 bits per heavy atom. The summed E-state index contributed by atoms with van der Waals surface area (Å²) < 4.78 is 27.6. The fourth-order valence-corrected chi connectivity index (χ4v) is 4.48. The van der Waals surface area contributed by atoms with Crippen LogP contribution in [-0.2, 0) is 16.6 Å². The maximum atomic E-state index is 12.4. The smallest absolute Gasteiger partial charge is 0.242 e. The molecule has 0 amide bonds. The molecule has 2 N–H and O–H groups in total. The summed E-state index contributed by atoms with van der Waals surface area (Å²) >= 11 is 7.66. The zero-order chi connectivity index (χ0) is 15.2. The van der Waals surface area contributed by atoms with Crippen LogP contribution in [-0.4, -0.2) is 33.5 Å². The Balaban J connectivity index is 3.04. The Labute approximate surface area is 130 Å². The number of sulfonamides is 1. The third-order valence-electron chi connectivity index (χ3n) is 2.85. The highest BCUT2D eigenvalue weighted by atomic mass is 35.5. The first kappa shape index (κ1) is 17.8. The first-order chi connectivity index (χ1) is 9.44. The van der Waals surface area contributed by atoms with Crippen molar-refractivity contribution in [2.75, 3.05) is 19.1 Å². The highest BCUT2D eigenvalue weighted by Crippen LogP contribution is 2.23. The number of rotatable bonds is 8. The molecule has 1 rings (SSSR count). The van der Waals surface area contributed by atoms with Crippen molar-refractivity contribution >= 4 is 33.4 Å². The van der Waals surface area contributed by atoms with Crippen molar-refractivity contribution < 1.29 is 8.42 Å². The van der Waals surface area contributed by atoms with Gasteiger partial charge in [-0.25, -0.2) is 13.1 Å². The lowest BCUT2D eigenvalue weighted by atomic mass is 10.2. The second-order valence-corrected chi connectivity index (χ2v) is 7.48. The number of hydrogen-bond acceptors (Lipinski definition) is 4. The number of thioether (sulfide) groups is 1. The van der Waals surface area contributed by atoms with Gasteiger partial charge in [0, 0.05) is 18.3 Å². The van der Waals surface area contributed by atoms with E-state index in [1.54, 1.807) is 23.9 Å². The molecule has 1 aromatic carbocycles. The average Bonchev–Trinajstić information content (AvgIpc) is 2.40. The van der Waals surface area contributed by atoms with Gasteiger partial charge in [-0.15, -0.1) is 0 Å². The quantitative estimate of drug-likeness (QED) is 0.765. The van der Waals surface area contributed by atoms with Gasteiger partial charge in [-0.05, 0) is 37.4 Å². The Morgan fingerprint density at radius 1 is 1.40 bits per heavy atom. The minimum Gasteiger partial charge on any atom is -0.316 e. The van der Waals surface area contributed by atoms with Gasteiger partial charge in [-0.3, -0.25) is 0 Å². The molecule has 20 heavy (non-hydrogen) atoms. The summed E-state index contributed by atoms with van der Waals surface area (Å²) in [5, 5.41) is 3.24. The lowest BCUT2D eigenvalue weighted by Crippen LogP contribution is -2.36. The molecule has 1 aromatic rings. The number of benzene rings is 1. The van der Waals surface area contributed by atoms with Gasteiger partial charge in [-0.1, -0.05) is 24.6 Å². The maximum Gasteiger partial charge on any atom is 0.242 e. The first-order valence-corrected chi connectivity index (χ1v) is 9.64. The molecule has 0 radical (unpaired) electrons. The molecular weight excluding hydrogens is 316 g/mol. The van der Waals surface area contributed by atoms with Crippen LogP contribution in [0.2, 0.25) is 5.02 Å². The summed E-state index contributed by atoms with van der Waals surface area (Å²) in [6.07, 6.45) is 2.70. The van der Waals surface area contributed by atoms with Crippen molar-refractivity contribution in [1.82, 2.24) is 10.0 Å². The molecule has 1 atom stereocenters. The van der Waals surface area contributed by atoms with Crippen LogP contribution in [0.1, 0.15) is 18.9 Å². The molecular formula is C13H21ClN2O2S2. The molecule has 0 aliphatic heterocycles. The van der Waals surface area contributed by atoms with E-state index in [1.807, 2.05) is 26.3 Å². The largest absolute Gasteiger partial charge is 0.316 e. The highest BCUT2D eigenvalue weighted by Gasteiger charge is 2.21. The standard InChI is InChI=1S/C13H21ClN2O2S2/c1-4-11(9-19-3)16-20(17,18)13-7-10(8-15-2)5-6-12(13)14/h5-7,11,15-16H,4,8-9H2,1-3H3. The predicted molar refractivity (Wildman–Crippen MR) is 87.0 cm³/mol. The van der Waals surface area contributed by atoms with Crippen molar-refractivity contribution in [2.24, 2.45) is 0 Å². The van der Waals surface area contributed by atoms with Gasteiger partial charge in [-0.2, -0.15) is 11.8 Å². The van der Waals surface area contributed by atoms with Crippen molar-refractivity contribution in [1.29, 1.82) is 0 Å². The number of nitrogens with one attached hydrogen (secondary N) is 2. The Morgan fingerprint density at radius 2 is 2.10 bits per heavy atom. The third-order valence-corrected chi connectivity index (χ3v) is 5.59. The summed E-state index contributed by atoms with van der Waals surface area (Å²) in [6.45, 7) is 2.56. The summed E-state index contributed by atoms with van der Waals surface area (Å²) in [6, 6.07) is 4.97. The molecule has 0 spiro atoms. The van der Waals surface area contributed by atoms with Gasteiger partial charge in [0.2, 0.25) is 10.0 Å². The summed E-state index contributed by atoms with van der Waals surface area (Å²) in [5.74, 6) is 0.740. The minimum absolute atomic E-state index is 0.0842. The topological polar surface area (TPSA) is 58.2 Å². The van der Waals surface area contributed by atoms with Crippen LogP contribution in [0.25, 0.3) is 0 Å². The Bertz CT molecular complexity index is 535. The Hall–Kier alpha value is -0.270. The van der Waals surface area contributed by atoms with Crippen LogP contribution in [0.4, 0.5) is 0 Å². The van der Waals surface area contributed by atoms with Gasteiger partial charge in [0.05, 0.1) is 5.02 Å². The van der Waals surface area contributed by atoms with Crippen LogP contribution in [0.15, 0.2) is 23.1 Å². The molecule has 0 aliphatic carbocycles. The molecule has 4 nitrogen and oxygen atoms in total.